The van der Waals surface area contributed by atoms with Gasteiger partial charge in [-0.15, -0.1) is 0 Å². The summed E-state index contributed by atoms with van der Waals surface area (Å²) >= 11 is 0. The number of esters is 1. The fraction of sp³-hybridized carbons (Fsp3) is 0.250. The molecule has 26 heavy (non-hydrogen) atoms. The highest BCUT2D eigenvalue weighted by atomic mass is 16.5. The van der Waals surface area contributed by atoms with Gasteiger partial charge in [0.1, 0.15) is 18.1 Å². The molecule has 0 unspecified atom stereocenters. The number of carbonyl (C=O) groups is 1. The number of ether oxygens (including phenoxy) is 3. The standard InChI is InChI=1S/C20H20N2O4/c1-14-19(22-18-6-4-3-5-17(18)21-14)13-26-20(23)11-12-25-16-9-7-15(24-2)8-10-16/h3-10H,11-13H2,1-2H3. The molecule has 3 aromatic rings. The molecular weight excluding hydrogens is 332 g/mol. The van der Waals surface area contributed by atoms with Gasteiger partial charge in [-0.1, -0.05) is 12.1 Å². The van der Waals surface area contributed by atoms with E-state index in [9.17, 15) is 4.79 Å². The summed E-state index contributed by atoms with van der Waals surface area (Å²) in [6.45, 7) is 2.20. The molecule has 0 aliphatic heterocycles. The first-order valence-corrected chi connectivity index (χ1v) is 8.30. The van der Waals surface area contributed by atoms with Crippen LogP contribution in [0.2, 0.25) is 0 Å². The zero-order chi connectivity index (χ0) is 18.4. The Morgan fingerprint density at radius 2 is 1.62 bits per heavy atom. The number of rotatable bonds is 7. The lowest BCUT2D eigenvalue weighted by atomic mass is 10.2. The van der Waals surface area contributed by atoms with E-state index in [-0.39, 0.29) is 25.6 Å². The average molecular weight is 352 g/mol. The van der Waals surface area contributed by atoms with E-state index in [0.29, 0.717) is 11.4 Å². The first-order valence-electron chi connectivity index (χ1n) is 8.30. The second-order valence-electron chi connectivity index (χ2n) is 5.68. The third-order valence-electron chi connectivity index (χ3n) is 3.85. The van der Waals surface area contributed by atoms with Crippen molar-refractivity contribution < 1.29 is 19.0 Å². The minimum absolute atomic E-state index is 0.102. The topological polar surface area (TPSA) is 70.5 Å². The van der Waals surface area contributed by atoms with E-state index in [4.69, 9.17) is 14.2 Å². The van der Waals surface area contributed by atoms with Crippen LogP contribution in [-0.2, 0) is 16.1 Å². The summed E-state index contributed by atoms with van der Waals surface area (Å²) in [7, 11) is 1.60. The maximum absolute atomic E-state index is 11.9. The molecule has 6 nitrogen and oxygen atoms in total. The van der Waals surface area contributed by atoms with Crippen molar-refractivity contribution in [3.63, 3.8) is 0 Å². The number of carbonyl (C=O) groups excluding carboxylic acids is 1. The highest BCUT2D eigenvalue weighted by Gasteiger charge is 2.09. The lowest BCUT2D eigenvalue weighted by Crippen LogP contribution is -2.11. The molecule has 1 aromatic heterocycles. The fourth-order valence-corrected chi connectivity index (χ4v) is 2.41. The third-order valence-corrected chi connectivity index (χ3v) is 3.85. The van der Waals surface area contributed by atoms with Crippen LogP contribution >= 0.6 is 0 Å². The molecule has 0 spiro atoms. The number of para-hydroxylation sites is 2. The van der Waals surface area contributed by atoms with Gasteiger partial charge in [-0.3, -0.25) is 4.79 Å². The Labute approximate surface area is 151 Å². The van der Waals surface area contributed by atoms with Gasteiger partial charge in [0.05, 0.1) is 42.6 Å². The second-order valence-corrected chi connectivity index (χ2v) is 5.68. The van der Waals surface area contributed by atoms with Crippen LogP contribution in [0.5, 0.6) is 11.5 Å². The molecule has 0 fully saturated rings. The quantitative estimate of drug-likeness (QED) is 0.607. The molecule has 0 saturated carbocycles. The molecule has 1 heterocycles. The lowest BCUT2D eigenvalue weighted by Gasteiger charge is -2.09. The van der Waals surface area contributed by atoms with Crippen LogP contribution < -0.4 is 9.47 Å². The van der Waals surface area contributed by atoms with Crippen LogP contribution in [0.1, 0.15) is 17.8 Å². The van der Waals surface area contributed by atoms with Crippen LogP contribution in [0.25, 0.3) is 11.0 Å². The number of methoxy groups -OCH3 is 1. The first kappa shape index (κ1) is 17.7. The summed E-state index contributed by atoms with van der Waals surface area (Å²) in [6.07, 6.45) is 0.159. The van der Waals surface area contributed by atoms with Crippen LogP contribution in [0.4, 0.5) is 0 Å². The van der Waals surface area contributed by atoms with Crippen molar-refractivity contribution in [3.8, 4) is 11.5 Å². The van der Waals surface area contributed by atoms with Gasteiger partial charge < -0.3 is 14.2 Å². The van der Waals surface area contributed by atoms with Gasteiger partial charge in [0.25, 0.3) is 0 Å². The molecule has 0 bridgehead atoms. The summed E-state index contributed by atoms with van der Waals surface area (Å²) in [5.41, 5.74) is 3.03. The van der Waals surface area contributed by atoms with Crippen molar-refractivity contribution in [1.29, 1.82) is 0 Å². The first-order chi connectivity index (χ1) is 12.7. The Kier molecular flexibility index (Phi) is 5.63. The Morgan fingerprint density at radius 1 is 0.962 bits per heavy atom. The molecule has 0 aliphatic rings. The molecule has 3 rings (SSSR count). The number of hydrogen-bond donors (Lipinski definition) is 0. The molecule has 0 saturated heterocycles. The van der Waals surface area contributed by atoms with Gasteiger partial charge in [0, 0.05) is 0 Å². The predicted octanol–water partition coefficient (Wildman–Crippen LogP) is 3.46. The third kappa shape index (κ3) is 4.47. The number of aryl methyl sites for hydroxylation is 1. The van der Waals surface area contributed by atoms with Crippen molar-refractivity contribution >= 4 is 17.0 Å². The van der Waals surface area contributed by atoms with E-state index in [2.05, 4.69) is 9.97 Å². The summed E-state index contributed by atoms with van der Waals surface area (Å²) in [5, 5.41) is 0. The van der Waals surface area contributed by atoms with Gasteiger partial charge in [0.15, 0.2) is 0 Å². The summed E-state index contributed by atoms with van der Waals surface area (Å²) < 4.78 is 15.9. The van der Waals surface area contributed by atoms with E-state index in [1.807, 2.05) is 31.2 Å². The summed E-state index contributed by atoms with van der Waals surface area (Å²) in [6, 6.07) is 14.8. The molecular formula is C20H20N2O4. The Balaban J connectivity index is 1.48. The van der Waals surface area contributed by atoms with Crippen molar-refractivity contribution in [2.24, 2.45) is 0 Å². The van der Waals surface area contributed by atoms with E-state index in [1.165, 1.54) is 0 Å². The zero-order valence-electron chi connectivity index (χ0n) is 14.8. The fourth-order valence-electron chi connectivity index (χ4n) is 2.41. The molecule has 0 N–H and O–H groups in total. The number of benzene rings is 2. The highest BCUT2D eigenvalue weighted by Crippen LogP contribution is 2.17. The lowest BCUT2D eigenvalue weighted by molar-refractivity contribution is -0.145. The zero-order valence-corrected chi connectivity index (χ0v) is 14.8. The van der Waals surface area contributed by atoms with Gasteiger partial charge in [0.2, 0.25) is 0 Å². The largest absolute Gasteiger partial charge is 0.497 e. The molecule has 2 aromatic carbocycles. The van der Waals surface area contributed by atoms with Crippen LogP contribution in [-0.4, -0.2) is 29.7 Å². The maximum Gasteiger partial charge on any atom is 0.309 e. The van der Waals surface area contributed by atoms with Crippen molar-refractivity contribution in [2.45, 2.75) is 20.0 Å². The van der Waals surface area contributed by atoms with Crippen LogP contribution in [0.3, 0.4) is 0 Å². The predicted molar refractivity (Wildman–Crippen MR) is 97.2 cm³/mol. The number of fused-ring (bicyclic) bond motifs is 1. The molecule has 134 valence electrons. The SMILES string of the molecule is COc1ccc(OCCC(=O)OCc2nc3ccccc3nc2C)cc1. The van der Waals surface area contributed by atoms with Crippen molar-refractivity contribution in [2.75, 3.05) is 13.7 Å². The number of hydrogen-bond acceptors (Lipinski definition) is 6. The Morgan fingerprint density at radius 3 is 2.31 bits per heavy atom. The van der Waals surface area contributed by atoms with Crippen LogP contribution in [0, 0.1) is 6.92 Å². The second kappa shape index (κ2) is 8.29. The van der Waals surface area contributed by atoms with Crippen molar-refractivity contribution in [3.05, 3.63) is 59.9 Å². The van der Waals surface area contributed by atoms with Gasteiger partial charge in [-0.2, -0.15) is 0 Å². The van der Waals surface area contributed by atoms with Gasteiger partial charge >= 0.3 is 5.97 Å². The molecule has 0 atom stereocenters. The maximum atomic E-state index is 11.9. The summed E-state index contributed by atoms with van der Waals surface area (Å²) in [5.74, 6) is 1.09. The molecule has 0 radical (unpaired) electrons. The smallest absolute Gasteiger partial charge is 0.309 e. The monoisotopic (exact) mass is 352 g/mol. The minimum atomic E-state index is -0.340. The molecule has 0 amide bonds. The van der Waals surface area contributed by atoms with E-state index >= 15 is 0 Å². The molecule has 0 aliphatic carbocycles. The van der Waals surface area contributed by atoms with Gasteiger partial charge in [-0.25, -0.2) is 9.97 Å². The van der Waals surface area contributed by atoms with Crippen molar-refractivity contribution in [1.82, 2.24) is 9.97 Å². The van der Waals surface area contributed by atoms with Gasteiger partial charge in [-0.05, 0) is 43.3 Å². The number of nitrogens with zero attached hydrogens (tertiary/aromatic N) is 2. The average Bonchev–Trinajstić information content (AvgIpc) is 2.67. The molecule has 6 heteroatoms. The summed E-state index contributed by atoms with van der Waals surface area (Å²) in [4.78, 5) is 20.9. The van der Waals surface area contributed by atoms with Crippen LogP contribution in [0.15, 0.2) is 48.5 Å². The van der Waals surface area contributed by atoms with E-state index < -0.39 is 0 Å². The Hall–Kier alpha value is -3.15. The highest BCUT2D eigenvalue weighted by molar-refractivity contribution is 5.74. The minimum Gasteiger partial charge on any atom is -0.497 e. The van der Waals surface area contributed by atoms with E-state index in [1.54, 1.807) is 31.4 Å². The number of aromatic nitrogens is 2. The normalized spacial score (nSPS) is 10.5. The van der Waals surface area contributed by atoms with E-state index in [0.717, 1.165) is 22.5 Å². The Bertz CT molecular complexity index is 894.